The van der Waals surface area contributed by atoms with Gasteiger partial charge in [0.25, 0.3) is 0 Å². The molecule has 0 fully saturated rings. The molecule has 0 aliphatic rings. The first kappa shape index (κ1) is 11.4. The number of nitrogens with zero attached hydrogens (tertiary/aromatic N) is 3. The van der Waals surface area contributed by atoms with Crippen molar-refractivity contribution in [3.63, 3.8) is 0 Å². The molecule has 0 aliphatic heterocycles. The number of carbonyl (C=O) groups is 2. The highest BCUT2D eigenvalue weighted by atomic mass is 16.5. The minimum absolute atomic E-state index is 0.0224. The molecule has 6 heteroatoms. The molecule has 0 saturated heterocycles. The van der Waals surface area contributed by atoms with E-state index in [0.29, 0.717) is 0 Å². The molecule has 0 atom stereocenters. The van der Waals surface area contributed by atoms with Crippen LogP contribution >= 0.6 is 0 Å². The van der Waals surface area contributed by atoms with Crippen LogP contribution < -0.4 is 0 Å². The Balaban J connectivity index is 2.37. The summed E-state index contributed by atoms with van der Waals surface area (Å²) in [7, 11) is 3.02. The van der Waals surface area contributed by atoms with Crippen LogP contribution in [0, 0.1) is 0 Å². The van der Waals surface area contributed by atoms with Gasteiger partial charge in [-0.15, -0.1) is 5.10 Å². The molecular weight excluding hydrogens is 198 g/mol. The minimum atomic E-state index is -0.369. The number of ketones is 1. The number of methoxy groups -OCH3 is 1. The van der Waals surface area contributed by atoms with Gasteiger partial charge in [0.1, 0.15) is 5.78 Å². The first-order chi connectivity index (χ1) is 7.13. The summed E-state index contributed by atoms with van der Waals surface area (Å²) >= 11 is 0. The van der Waals surface area contributed by atoms with Gasteiger partial charge in [0, 0.05) is 19.9 Å². The summed E-state index contributed by atoms with van der Waals surface area (Å²) in [5.41, 5.74) is 0.741. The minimum Gasteiger partial charge on any atom is -0.469 e. The molecular formula is C9H13N3O3. The van der Waals surface area contributed by atoms with Crippen LogP contribution in [0.2, 0.25) is 0 Å². The number of hydrogen-bond donors (Lipinski definition) is 0. The van der Waals surface area contributed by atoms with Crippen molar-refractivity contribution in [2.24, 2.45) is 7.05 Å². The van der Waals surface area contributed by atoms with Crippen LogP contribution in [0.3, 0.4) is 0 Å². The van der Waals surface area contributed by atoms with E-state index in [1.807, 2.05) is 0 Å². The smallest absolute Gasteiger partial charge is 0.305 e. The topological polar surface area (TPSA) is 74.1 Å². The Morgan fingerprint density at radius 3 is 2.73 bits per heavy atom. The van der Waals surface area contributed by atoms with E-state index < -0.39 is 0 Å². The van der Waals surface area contributed by atoms with Gasteiger partial charge in [0.05, 0.1) is 25.4 Å². The lowest BCUT2D eigenvalue weighted by Crippen LogP contribution is -2.10. The molecule has 82 valence electrons. The Labute approximate surface area is 87.2 Å². The maximum Gasteiger partial charge on any atom is 0.305 e. The molecule has 0 radical (unpaired) electrons. The normalized spacial score (nSPS) is 10.0. The van der Waals surface area contributed by atoms with E-state index in [9.17, 15) is 9.59 Å². The lowest BCUT2D eigenvalue weighted by molar-refractivity contribution is -0.141. The molecule has 0 bridgehead atoms. The van der Waals surface area contributed by atoms with Crippen LogP contribution in [-0.4, -0.2) is 33.9 Å². The van der Waals surface area contributed by atoms with E-state index in [4.69, 9.17) is 0 Å². The van der Waals surface area contributed by atoms with Gasteiger partial charge in [-0.2, -0.15) is 0 Å². The quantitative estimate of drug-likeness (QED) is 0.635. The summed E-state index contributed by atoms with van der Waals surface area (Å²) in [6.07, 6.45) is 2.11. The Kier molecular flexibility index (Phi) is 3.96. The van der Waals surface area contributed by atoms with Crippen LogP contribution in [0.5, 0.6) is 0 Å². The van der Waals surface area contributed by atoms with E-state index in [1.165, 1.54) is 18.0 Å². The van der Waals surface area contributed by atoms with Crippen molar-refractivity contribution in [1.82, 2.24) is 15.0 Å². The van der Waals surface area contributed by atoms with Gasteiger partial charge in [-0.3, -0.25) is 14.3 Å². The summed E-state index contributed by atoms with van der Waals surface area (Å²) < 4.78 is 5.98. The third-order valence-electron chi connectivity index (χ3n) is 2.02. The number of aromatic nitrogens is 3. The third-order valence-corrected chi connectivity index (χ3v) is 2.02. The predicted molar refractivity (Wildman–Crippen MR) is 51.0 cm³/mol. The molecule has 0 spiro atoms. The SMILES string of the molecule is COC(=O)CCC(=O)Cc1cnnn1C. The molecule has 0 N–H and O–H groups in total. The molecule has 15 heavy (non-hydrogen) atoms. The van der Waals surface area contributed by atoms with Crippen molar-refractivity contribution >= 4 is 11.8 Å². The van der Waals surface area contributed by atoms with Crippen LogP contribution in [0.4, 0.5) is 0 Å². The van der Waals surface area contributed by atoms with E-state index >= 15 is 0 Å². The molecule has 1 heterocycles. The molecule has 0 amide bonds. The molecule has 1 aromatic heterocycles. The van der Waals surface area contributed by atoms with Crippen LogP contribution in [0.15, 0.2) is 6.20 Å². The number of carbonyl (C=O) groups excluding carboxylic acids is 2. The van der Waals surface area contributed by atoms with Gasteiger partial charge in [-0.25, -0.2) is 0 Å². The Morgan fingerprint density at radius 2 is 2.20 bits per heavy atom. The molecule has 1 aromatic rings. The summed E-state index contributed by atoms with van der Waals surface area (Å²) in [5, 5.41) is 7.36. The van der Waals surface area contributed by atoms with Gasteiger partial charge in [0.15, 0.2) is 0 Å². The van der Waals surface area contributed by atoms with Crippen molar-refractivity contribution in [3.8, 4) is 0 Å². The molecule has 0 aliphatic carbocycles. The zero-order chi connectivity index (χ0) is 11.3. The second-order valence-electron chi connectivity index (χ2n) is 3.14. The first-order valence-electron chi connectivity index (χ1n) is 4.55. The van der Waals surface area contributed by atoms with Gasteiger partial charge in [-0.05, 0) is 0 Å². The maximum atomic E-state index is 11.4. The van der Waals surface area contributed by atoms with Crippen LogP contribution in [-0.2, 0) is 27.8 Å². The van der Waals surface area contributed by atoms with E-state index in [0.717, 1.165) is 5.69 Å². The number of hydrogen-bond acceptors (Lipinski definition) is 5. The van der Waals surface area contributed by atoms with Crippen LogP contribution in [0.1, 0.15) is 18.5 Å². The highest BCUT2D eigenvalue weighted by Crippen LogP contribution is 2.01. The zero-order valence-electron chi connectivity index (χ0n) is 8.77. The standard InChI is InChI=1S/C9H13N3O3/c1-12-7(6-10-11-12)5-8(13)3-4-9(14)15-2/h6H,3-5H2,1-2H3. The average molecular weight is 211 g/mol. The van der Waals surface area contributed by atoms with E-state index in [1.54, 1.807) is 7.05 Å². The Morgan fingerprint density at radius 1 is 1.47 bits per heavy atom. The average Bonchev–Trinajstić information content (AvgIpc) is 2.61. The van der Waals surface area contributed by atoms with Gasteiger partial charge >= 0.3 is 5.97 Å². The third kappa shape index (κ3) is 3.49. The number of aryl methyl sites for hydroxylation is 1. The number of esters is 1. The van der Waals surface area contributed by atoms with Crippen molar-refractivity contribution in [1.29, 1.82) is 0 Å². The largest absolute Gasteiger partial charge is 0.469 e. The fraction of sp³-hybridized carbons (Fsp3) is 0.556. The lowest BCUT2D eigenvalue weighted by Gasteiger charge is -2.00. The molecule has 1 rings (SSSR count). The monoisotopic (exact) mass is 211 g/mol. The van der Waals surface area contributed by atoms with Crippen molar-refractivity contribution in [2.45, 2.75) is 19.3 Å². The van der Waals surface area contributed by atoms with E-state index in [2.05, 4.69) is 15.0 Å². The van der Waals surface area contributed by atoms with Crippen molar-refractivity contribution < 1.29 is 14.3 Å². The second-order valence-corrected chi connectivity index (χ2v) is 3.14. The summed E-state index contributed by atoms with van der Waals surface area (Å²) in [6, 6.07) is 0. The first-order valence-corrected chi connectivity index (χ1v) is 4.55. The van der Waals surface area contributed by atoms with Crippen molar-refractivity contribution in [2.75, 3.05) is 7.11 Å². The zero-order valence-corrected chi connectivity index (χ0v) is 8.77. The number of Topliss-reactive ketones (excluding diaryl/α,β-unsaturated/α-hetero) is 1. The highest BCUT2D eigenvalue weighted by Gasteiger charge is 2.10. The highest BCUT2D eigenvalue weighted by molar-refractivity contribution is 5.84. The predicted octanol–water partition coefficient (Wildman–Crippen LogP) is -0.120. The maximum absolute atomic E-state index is 11.4. The molecule has 0 aromatic carbocycles. The van der Waals surface area contributed by atoms with Crippen LogP contribution in [0.25, 0.3) is 0 Å². The van der Waals surface area contributed by atoms with Gasteiger partial charge in [-0.1, -0.05) is 5.21 Å². The van der Waals surface area contributed by atoms with Gasteiger partial charge < -0.3 is 4.74 Å². The van der Waals surface area contributed by atoms with Gasteiger partial charge in [0.2, 0.25) is 0 Å². The Hall–Kier alpha value is -1.72. The Bertz CT molecular complexity index is 359. The summed E-state index contributed by atoms with van der Waals surface area (Å²) in [6.45, 7) is 0. The number of rotatable bonds is 5. The fourth-order valence-electron chi connectivity index (χ4n) is 1.10. The summed E-state index contributed by atoms with van der Waals surface area (Å²) in [5.74, 6) is -0.391. The van der Waals surface area contributed by atoms with E-state index in [-0.39, 0.29) is 31.0 Å². The van der Waals surface area contributed by atoms with Crippen molar-refractivity contribution in [3.05, 3.63) is 11.9 Å². The molecule has 6 nitrogen and oxygen atoms in total. The molecule has 0 unspecified atom stereocenters. The lowest BCUT2D eigenvalue weighted by atomic mass is 10.1. The summed E-state index contributed by atoms with van der Waals surface area (Å²) in [4.78, 5) is 22.2. The second kappa shape index (κ2) is 5.23. The number of ether oxygens (including phenoxy) is 1. The fourth-order valence-corrected chi connectivity index (χ4v) is 1.10. The molecule has 0 saturated carbocycles.